The normalized spacial score (nSPS) is 18.4. The summed E-state index contributed by atoms with van der Waals surface area (Å²) in [6, 6.07) is 4.45. The van der Waals surface area contributed by atoms with Gasteiger partial charge >= 0.3 is 5.97 Å². The molecule has 5 nitrogen and oxygen atoms in total. The van der Waals surface area contributed by atoms with Crippen molar-refractivity contribution in [2.75, 3.05) is 13.7 Å². The van der Waals surface area contributed by atoms with Crippen molar-refractivity contribution in [1.82, 2.24) is 4.90 Å². The van der Waals surface area contributed by atoms with Crippen LogP contribution in [-0.2, 0) is 4.79 Å². The second-order valence-corrected chi connectivity index (χ2v) is 5.50. The topological polar surface area (TPSA) is 66.8 Å². The van der Waals surface area contributed by atoms with Crippen molar-refractivity contribution in [3.63, 3.8) is 0 Å². The molecule has 1 saturated heterocycles. The molecule has 19 heavy (non-hydrogen) atoms. The van der Waals surface area contributed by atoms with Crippen LogP contribution in [0.2, 0.25) is 0 Å². The Morgan fingerprint density at radius 1 is 1.47 bits per heavy atom. The Labute approximate surface area is 124 Å². The van der Waals surface area contributed by atoms with Crippen LogP contribution in [0, 0.1) is 3.57 Å². The number of amides is 1. The van der Waals surface area contributed by atoms with Crippen LogP contribution in [0.25, 0.3) is 0 Å². The summed E-state index contributed by atoms with van der Waals surface area (Å²) >= 11 is 2.06. The van der Waals surface area contributed by atoms with Gasteiger partial charge in [-0.3, -0.25) is 4.79 Å². The second kappa shape index (κ2) is 5.77. The SMILES string of the molecule is COc1ccc(C(=O)N2CCC[C@@H]2C(=O)O)c(I)c1. The van der Waals surface area contributed by atoms with Gasteiger partial charge in [0.25, 0.3) is 5.91 Å². The molecule has 0 aliphatic carbocycles. The number of ether oxygens (including phenoxy) is 1. The first-order valence-corrected chi connectivity index (χ1v) is 6.99. The molecule has 1 atom stereocenters. The summed E-state index contributed by atoms with van der Waals surface area (Å²) in [6.07, 6.45) is 1.25. The van der Waals surface area contributed by atoms with Crippen LogP contribution >= 0.6 is 22.6 Å². The summed E-state index contributed by atoms with van der Waals surface area (Å²) in [5.74, 6) is -0.483. The second-order valence-electron chi connectivity index (χ2n) is 4.34. The molecule has 6 heteroatoms. The minimum atomic E-state index is -0.936. The van der Waals surface area contributed by atoms with Gasteiger partial charge < -0.3 is 14.7 Å². The summed E-state index contributed by atoms with van der Waals surface area (Å²) in [4.78, 5) is 25.0. The van der Waals surface area contributed by atoms with E-state index in [1.54, 1.807) is 25.3 Å². The molecule has 1 N–H and O–H groups in total. The molecule has 1 aromatic carbocycles. The summed E-state index contributed by atoms with van der Waals surface area (Å²) in [5.41, 5.74) is 0.523. The first-order valence-electron chi connectivity index (χ1n) is 5.92. The maximum atomic E-state index is 12.4. The highest BCUT2D eigenvalue weighted by molar-refractivity contribution is 14.1. The van der Waals surface area contributed by atoms with E-state index in [1.165, 1.54) is 4.90 Å². The van der Waals surface area contributed by atoms with Crippen LogP contribution in [0.1, 0.15) is 23.2 Å². The predicted octanol–water partition coefficient (Wildman–Crippen LogP) is 1.99. The largest absolute Gasteiger partial charge is 0.497 e. The molecule has 0 radical (unpaired) electrons. The van der Waals surface area contributed by atoms with E-state index < -0.39 is 12.0 Å². The maximum absolute atomic E-state index is 12.4. The van der Waals surface area contributed by atoms with E-state index in [0.717, 1.165) is 9.99 Å². The average Bonchev–Trinajstić information content (AvgIpc) is 2.87. The zero-order valence-electron chi connectivity index (χ0n) is 10.4. The summed E-state index contributed by atoms with van der Waals surface area (Å²) in [6.45, 7) is 0.498. The molecular formula is C13H14INO4. The van der Waals surface area contributed by atoms with E-state index in [2.05, 4.69) is 22.6 Å². The number of benzene rings is 1. The number of carboxylic acids is 1. The van der Waals surface area contributed by atoms with Crippen molar-refractivity contribution in [1.29, 1.82) is 0 Å². The number of carbonyl (C=O) groups excluding carboxylic acids is 1. The van der Waals surface area contributed by atoms with Gasteiger partial charge in [0.15, 0.2) is 0 Å². The van der Waals surface area contributed by atoms with Crippen LogP contribution in [0.5, 0.6) is 5.75 Å². The van der Waals surface area contributed by atoms with Gasteiger partial charge in [0.1, 0.15) is 11.8 Å². The summed E-state index contributed by atoms with van der Waals surface area (Å²) < 4.78 is 5.85. The van der Waals surface area contributed by atoms with Crippen LogP contribution in [0.4, 0.5) is 0 Å². The third-order valence-electron chi connectivity index (χ3n) is 3.21. The average molecular weight is 375 g/mol. The molecule has 0 aromatic heterocycles. The van der Waals surface area contributed by atoms with Gasteiger partial charge in [0.2, 0.25) is 0 Å². The number of methoxy groups -OCH3 is 1. The Morgan fingerprint density at radius 3 is 2.79 bits per heavy atom. The minimum Gasteiger partial charge on any atom is -0.497 e. The van der Waals surface area contributed by atoms with E-state index >= 15 is 0 Å². The Bertz CT molecular complexity index is 517. The number of aliphatic carboxylic acids is 1. The van der Waals surface area contributed by atoms with Gasteiger partial charge in [-0.05, 0) is 53.6 Å². The van der Waals surface area contributed by atoms with Gasteiger partial charge in [0.05, 0.1) is 12.7 Å². The zero-order valence-corrected chi connectivity index (χ0v) is 12.6. The van der Waals surface area contributed by atoms with E-state index in [9.17, 15) is 9.59 Å². The molecule has 1 aliphatic rings. The number of likely N-dealkylation sites (tertiary alicyclic amines) is 1. The third kappa shape index (κ3) is 2.83. The van der Waals surface area contributed by atoms with Crippen LogP contribution in [-0.4, -0.2) is 41.6 Å². The molecule has 2 rings (SSSR count). The fourth-order valence-electron chi connectivity index (χ4n) is 2.22. The zero-order chi connectivity index (χ0) is 14.0. The number of carboxylic acid groups (broad SMARTS) is 1. The highest BCUT2D eigenvalue weighted by Gasteiger charge is 2.34. The van der Waals surface area contributed by atoms with Gasteiger partial charge in [-0.2, -0.15) is 0 Å². The van der Waals surface area contributed by atoms with Crippen LogP contribution in [0.15, 0.2) is 18.2 Å². The maximum Gasteiger partial charge on any atom is 0.326 e. The van der Waals surface area contributed by atoms with Crippen molar-refractivity contribution in [3.8, 4) is 5.75 Å². The van der Waals surface area contributed by atoms with Crippen molar-refractivity contribution < 1.29 is 19.4 Å². The molecule has 0 bridgehead atoms. The molecular weight excluding hydrogens is 361 g/mol. The molecule has 1 heterocycles. The highest BCUT2D eigenvalue weighted by Crippen LogP contribution is 2.25. The quantitative estimate of drug-likeness (QED) is 0.821. The van der Waals surface area contributed by atoms with Crippen molar-refractivity contribution in [2.24, 2.45) is 0 Å². The first kappa shape index (κ1) is 14.1. The van der Waals surface area contributed by atoms with E-state index in [0.29, 0.717) is 24.3 Å². The molecule has 1 aromatic rings. The molecule has 1 aliphatic heterocycles. The lowest BCUT2D eigenvalue weighted by atomic mass is 10.1. The monoisotopic (exact) mass is 375 g/mol. The highest BCUT2D eigenvalue weighted by atomic mass is 127. The van der Waals surface area contributed by atoms with E-state index in [-0.39, 0.29) is 5.91 Å². The number of nitrogens with zero attached hydrogens (tertiary/aromatic N) is 1. The number of hydrogen-bond donors (Lipinski definition) is 1. The van der Waals surface area contributed by atoms with Gasteiger partial charge in [-0.25, -0.2) is 4.79 Å². The Morgan fingerprint density at radius 2 is 2.21 bits per heavy atom. The number of rotatable bonds is 3. The Kier molecular flexibility index (Phi) is 4.28. The predicted molar refractivity (Wildman–Crippen MR) is 77.4 cm³/mol. The molecule has 1 amide bonds. The lowest BCUT2D eigenvalue weighted by Crippen LogP contribution is -2.40. The van der Waals surface area contributed by atoms with Crippen LogP contribution < -0.4 is 4.74 Å². The molecule has 0 unspecified atom stereocenters. The first-order chi connectivity index (χ1) is 9.04. The van der Waals surface area contributed by atoms with Crippen molar-refractivity contribution >= 4 is 34.5 Å². The van der Waals surface area contributed by atoms with Crippen molar-refractivity contribution in [3.05, 3.63) is 27.3 Å². The summed E-state index contributed by atoms with van der Waals surface area (Å²) in [5, 5.41) is 9.12. The molecule has 0 saturated carbocycles. The number of halogens is 1. The lowest BCUT2D eigenvalue weighted by Gasteiger charge is -2.22. The fraction of sp³-hybridized carbons (Fsp3) is 0.385. The Balaban J connectivity index is 2.26. The lowest BCUT2D eigenvalue weighted by molar-refractivity contribution is -0.141. The standard InChI is InChI=1S/C13H14INO4/c1-19-8-4-5-9(10(14)7-8)12(16)15-6-2-3-11(15)13(17)18/h4-5,7,11H,2-3,6H2,1H3,(H,17,18)/t11-/m1/s1. The summed E-state index contributed by atoms with van der Waals surface area (Å²) in [7, 11) is 1.56. The third-order valence-corrected chi connectivity index (χ3v) is 4.10. The smallest absolute Gasteiger partial charge is 0.326 e. The number of hydrogen-bond acceptors (Lipinski definition) is 3. The molecule has 1 fully saturated rings. The van der Waals surface area contributed by atoms with Gasteiger partial charge in [-0.15, -0.1) is 0 Å². The molecule has 0 spiro atoms. The molecule has 102 valence electrons. The van der Waals surface area contributed by atoms with Crippen LogP contribution in [0.3, 0.4) is 0 Å². The van der Waals surface area contributed by atoms with E-state index in [4.69, 9.17) is 9.84 Å². The van der Waals surface area contributed by atoms with Crippen molar-refractivity contribution in [2.45, 2.75) is 18.9 Å². The van der Waals surface area contributed by atoms with Gasteiger partial charge in [0, 0.05) is 10.1 Å². The minimum absolute atomic E-state index is 0.225. The van der Waals surface area contributed by atoms with E-state index in [1.807, 2.05) is 0 Å². The van der Waals surface area contributed by atoms with Gasteiger partial charge in [-0.1, -0.05) is 0 Å². The Hall–Kier alpha value is -1.31. The fourth-order valence-corrected chi connectivity index (χ4v) is 2.93. The number of carbonyl (C=O) groups is 2.